The molecule has 5 heteroatoms. The van der Waals surface area contributed by atoms with Gasteiger partial charge >= 0.3 is 0 Å². The molecule has 140 valence electrons. The molecule has 0 N–H and O–H groups in total. The predicted octanol–water partition coefficient (Wildman–Crippen LogP) is 2.94. The fourth-order valence-electron chi connectivity index (χ4n) is 3.18. The lowest BCUT2D eigenvalue weighted by Crippen LogP contribution is -2.50. The van der Waals surface area contributed by atoms with Gasteiger partial charge in [-0.25, -0.2) is 0 Å². The molecule has 1 heterocycles. The zero-order valence-electron chi connectivity index (χ0n) is 15.6. The summed E-state index contributed by atoms with van der Waals surface area (Å²) in [5.74, 6) is -0.0415. The highest BCUT2D eigenvalue weighted by molar-refractivity contribution is 5.98. The third-order valence-corrected chi connectivity index (χ3v) is 4.88. The molecule has 0 aliphatic carbocycles. The van der Waals surface area contributed by atoms with Gasteiger partial charge in [0.15, 0.2) is 5.78 Å². The van der Waals surface area contributed by atoms with Crippen molar-refractivity contribution in [2.45, 2.75) is 19.8 Å². The Labute approximate surface area is 159 Å². The van der Waals surface area contributed by atoms with Gasteiger partial charge in [-0.2, -0.15) is 0 Å². The van der Waals surface area contributed by atoms with Crippen molar-refractivity contribution in [2.24, 2.45) is 0 Å². The Morgan fingerprint density at radius 3 is 1.96 bits per heavy atom. The summed E-state index contributed by atoms with van der Waals surface area (Å²) in [6, 6.07) is 16.6. The lowest BCUT2D eigenvalue weighted by molar-refractivity contribution is -0.132. The van der Waals surface area contributed by atoms with Crippen LogP contribution in [0.4, 0.5) is 0 Å². The molecule has 2 aromatic carbocycles. The van der Waals surface area contributed by atoms with E-state index in [-0.39, 0.29) is 30.4 Å². The van der Waals surface area contributed by atoms with Crippen molar-refractivity contribution >= 4 is 17.6 Å². The first-order chi connectivity index (χ1) is 13.0. The Morgan fingerprint density at radius 1 is 0.741 bits per heavy atom. The van der Waals surface area contributed by atoms with Gasteiger partial charge in [0.1, 0.15) is 0 Å². The van der Waals surface area contributed by atoms with Crippen molar-refractivity contribution in [2.75, 3.05) is 26.2 Å². The molecule has 27 heavy (non-hydrogen) atoms. The van der Waals surface area contributed by atoms with Gasteiger partial charge in [0.05, 0.1) is 0 Å². The van der Waals surface area contributed by atoms with Crippen molar-refractivity contribution in [3.8, 4) is 0 Å². The van der Waals surface area contributed by atoms with Gasteiger partial charge in [-0.05, 0) is 19.1 Å². The van der Waals surface area contributed by atoms with E-state index in [1.165, 1.54) is 0 Å². The Balaban J connectivity index is 1.47. The van der Waals surface area contributed by atoms with E-state index in [2.05, 4.69) is 0 Å². The van der Waals surface area contributed by atoms with Gasteiger partial charge in [-0.15, -0.1) is 0 Å². The number of piperazine rings is 1. The van der Waals surface area contributed by atoms with Gasteiger partial charge in [-0.1, -0.05) is 48.0 Å². The number of aryl methyl sites for hydroxylation is 1. The second kappa shape index (κ2) is 8.62. The number of carbonyl (C=O) groups excluding carboxylic acids is 3. The highest BCUT2D eigenvalue weighted by atomic mass is 16.2. The number of hydrogen-bond donors (Lipinski definition) is 0. The molecule has 5 nitrogen and oxygen atoms in total. The average Bonchev–Trinajstić information content (AvgIpc) is 2.72. The van der Waals surface area contributed by atoms with E-state index in [9.17, 15) is 14.4 Å². The Hall–Kier alpha value is -2.95. The number of nitrogens with zero attached hydrogens (tertiary/aromatic N) is 2. The minimum Gasteiger partial charge on any atom is -0.339 e. The maximum absolute atomic E-state index is 12.5. The average molecular weight is 364 g/mol. The van der Waals surface area contributed by atoms with E-state index in [0.29, 0.717) is 37.3 Å². The van der Waals surface area contributed by atoms with Gasteiger partial charge in [0.2, 0.25) is 5.91 Å². The molecule has 0 unspecified atom stereocenters. The summed E-state index contributed by atoms with van der Waals surface area (Å²) < 4.78 is 0. The van der Waals surface area contributed by atoms with Crippen molar-refractivity contribution in [1.82, 2.24) is 9.80 Å². The van der Waals surface area contributed by atoms with Crippen molar-refractivity contribution in [3.05, 3.63) is 71.3 Å². The summed E-state index contributed by atoms with van der Waals surface area (Å²) in [7, 11) is 0. The number of Topliss-reactive ketones (excluding diaryl/α,β-unsaturated/α-hetero) is 1. The lowest BCUT2D eigenvalue weighted by atomic mass is 10.1. The Morgan fingerprint density at radius 2 is 1.33 bits per heavy atom. The van der Waals surface area contributed by atoms with Crippen molar-refractivity contribution in [3.63, 3.8) is 0 Å². The number of benzene rings is 2. The molecular formula is C22H24N2O3. The molecule has 1 aliphatic rings. The summed E-state index contributed by atoms with van der Waals surface area (Å²) in [4.78, 5) is 40.6. The van der Waals surface area contributed by atoms with Crippen LogP contribution in [0.2, 0.25) is 0 Å². The molecule has 0 radical (unpaired) electrons. The van der Waals surface area contributed by atoms with Crippen LogP contribution in [0, 0.1) is 6.92 Å². The van der Waals surface area contributed by atoms with Gasteiger partial charge < -0.3 is 9.80 Å². The zero-order valence-corrected chi connectivity index (χ0v) is 15.6. The molecule has 1 fully saturated rings. The molecule has 0 bridgehead atoms. The van der Waals surface area contributed by atoms with Crippen LogP contribution in [0.5, 0.6) is 0 Å². The van der Waals surface area contributed by atoms with Crippen LogP contribution >= 0.6 is 0 Å². The predicted molar refractivity (Wildman–Crippen MR) is 104 cm³/mol. The van der Waals surface area contributed by atoms with Crippen LogP contribution in [-0.4, -0.2) is 53.6 Å². The Bertz CT molecular complexity index is 807. The fourth-order valence-corrected chi connectivity index (χ4v) is 3.18. The number of hydrogen-bond acceptors (Lipinski definition) is 3. The summed E-state index contributed by atoms with van der Waals surface area (Å²) in [6.07, 6.45) is 0.422. The maximum atomic E-state index is 12.5. The molecule has 1 aliphatic heterocycles. The third kappa shape index (κ3) is 4.82. The van der Waals surface area contributed by atoms with Crippen LogP contribution in [0.1, 0.15) is 39.1 Å². The fraction of sp³-hybridized carbons (Fsp3) is 0.318. The number of amides is 2. The standard InChI is InChI=1S/C22H24N2O3/c1-17-7-9-19(10-8-17)22(27)24-15-13-23(14-16-24)21(26)12-11-20(25)18-5-3-2-4-6-18/h2-10H,11-16H2,1H3. The molecule has 0 atom stereocenters. The highest BCUT2D eigenvalue weighted by Gasteiger charge is 2.25. The zero-order chi connectivity index (χ0) is 19.2. The lowest BCUT2D eigenvalue weighted by Gasteiger charge is -2.35. The molecule has 1 saturated heterocycles. The van der Waals surface area contributed by atoms with E-state index in [1.807, 2.05) is 49.4 Å². The summed E-state index contributed by atoms with van der Waals surface area (Å²) in [5.41, 5.74) is 2.43. The Kier molecular flexibility index (Phi) is 6.01. The number of ketones is 1. The molecule has 2 amide bonds. The van der Waals surface area contributed by atoms with Gasteiger partial charge in [0, 0.05) is 50.1 Å². The van der Waals surface area contributed by atoms with Crippen LogP contribution < -0.4 is 0 Å². The summed E-state index contributed by atoms with van der Waals surface area (Å²) >= 11 is 0. The van der Waals surface area contributed by atoms with E-state index in [4.69, 9.17) is 0 Å². The third-order valence-electron chi connectivity index (χ3n) is 4.88. The molecule has 3 rings (SSSR count). The van der Waals surface area contributed by atoms with E-state index in [1.54, 1.807) is 21.9 Å². The molecule has 0 aromatic heterocycles. The summed E-state index contributed by atoms with van der Waals surface area (Å²) in [6.45, 7) is 4.04. The molecule has 0 spiro atoms. The number of carbonyl (C=O) groups is 3. The van der Waals surface area contributed by atoms with Crippen LogP contribution in [0.3, 0.4) is 0 Å². The first-order valence-corrected chi connectivity index (χ1v) is 9.26. The topological polar surface area (TPSA) is 57.7 Å². The van der Waals surface area contributed by atoms with Crippen LogP contribution in [0.15, 0.2) is 54.6 Å². The molecular weight excluding hydrogens is 340 g/mol. The van der Waals surface area contributed by atoms with E-state index in [0.717, 1.165) is 5.56 Å². The second-order valence-corrected chi connectivity index (χ2v) is 6.83. The SMILES string of the molecule is Cc1ccc(C(=O)N2CCN(C(=O)CCC(=O)c3ccccc3)CC2)cc1. The van der Waals surface area contributed by atoms with Crippen LogP contribution in [-0.2, 0) is 4.79 Å². The summed E-state index contributed by atoms with van der Waals surface area (Å²) in [5, 5.41) is 0. The van der Waals surface area contributed by atoms with Crippen LogP contribution in [0.25, 0.3) is 0 Å². The maximum Gasteiger partial charge on any atom is 0.253 e. The second-order valence-electron chi connectivity index (χ2n) is 6.83. The number of rotatable bonds is 5. The highest BCUT2D eigenvalue weighted by Crippen LogP contribution is 2.12. The molecule has 2 aromatic rings. The quantitative estimate of drug-likeness (QED) is 0.767. The normalized spacial score (nSPS) is 14.1. The van der Waals surface area contributed by atoms with Crippen molar-refractivity contribution in [1.29, 1.82) is 0 Å². The van der Waals surface area contributed by atoms with E-state index >= 15 is 0 Å². The largest absolute Gasteiger partial charge is 0.339 e. The first-order valence-electron chi connectivity index (χ1n) is 9.26. The molecule has 0 saturated carbocycles. The minimum atomic E-state index is -0.0262. The van der Waals surface area contributed by atoms with Crippen molar-refractivity contribution < 1.29 is 14.4 Å². The monoisotopic (exact) mass is 364 g/mol. The minimum absolute atomic E-state index is 0.00125. The van der Waals surface area contributed by atoms with Gasteiger partial charge in [0.25, 0.3) is 5.91 Å². The smallest absolute Gasteiger partial charge is 0.253 e. The first kappa shape index (κ1) is 18.8. The van der Waals surface area contributed by atoms with Gasteiger partial charge in [-0.3, -0.25) is 14.4 Å². The van der Waals surface area contributed by atoms with E-state index < -0.39 is 0 Å².